The molecule has 0 N–H and O–H groups in total. The number of hydrogen-bond acceptors (Lipinski definition) is 2. The summed E-state index contributed by atoms with van der Waals surface area (Å²) in [6.07, 6.45) is 2.30. The summed E-state index contributed by atoms with van der Waals surface area (Å²) < 4.78 is 0. The Morgan fingerprint density at radius 3 is 3.08 bits per heavy atom. The maximum atomic E-state index is 11.9. The van der Waals surface area contributed by atoms with E-state index in [0.29, 0.717) is 6.04 Å². The topological polar surface area (TPSA) is 20.3 Å². The molecule has 1 amide bonds. The van der Waals surface area contributed by atoms with Gasteiger partial charge in [-0.15, -0.1) is 0 Å². The lowest BCUT2D eigenvalue weighted by molar-refractivity contribution is 0.0748. The molecule has 1 atom stereocenters. The van der Waals surface area contributed by atoms with Crippen LogP contribution in [0.15, 0.2) is 16.8 Å². The van der Waals surface area contributed by atoms with Crippen LogP contribution < -0.4 is 0 Å². The van der Waals surface area contributed by atoms with Gasteiger partial charge in [0.05, 0.1) is 5.56 Å². The molecule has 0 spiro atoms. The Bertz CT molecular complexity index is 294. The van der Waals surface area contributed by atoms with Crippen LogP contribution in [0.2, 0.25) is 0 Å². The van der Waals surface area contributed by atoms with Crippen molar-refractivity contribution < 1.29 is 4.79 Å². The fraction of sp³-hybridized carbons (Fsp3) is 0.500. The molecule has 1 fully saturated rings. The number of carbonyl (C=O) groups is 1. The van der Waals surface area contributed by atoms with Crippen molar-refractivity contribution in [2.75, 3.05) is 6.54 Å². The Kier molecular flexibility index (Phi) is 2.36. The van der Waals surface area contributed by atoms with Gasteiger partial charge in [-0.1, -0.05) is 0 Å². The Morgan fingerprint density at radius 1 is 1.69 bits per heavy atom. The van der Waals surface area contributed by atoms with Crippen LogP contribution in [0.4, 0.5) is 0 Å². The van der Waals surface area contributed by atoms with E-state index in [-0.39, 0.29) is 5.91 Å². The van der Waals surface area contributed by atoms with E-state index < -0.39 is 0 Å². The molecule has 0 aliphatic carbocycles. The second kappa shape index (κ2) is 3.50. The second-order valence-electron chi connectivity index (χ2n) is 3.50. The zero-order valence-electron chi connectivity index (χ0n) is 7.69. The third-order valence-corrected chi connectivity index (χ3v) is 3.27. The molecule has 2 rings (SSSR count). The molecule has 0 saturated carbocycles. The van der Waals surface area contributed by atoms with Gasteiger partial charge in [0.25, 0.3) is 5.91 Å². The highest BCUT2D eigenvalue weighted by molar-refractivity contribution is 7.08. The SMILES string of the molecule is C[C@H]1CCCN1C(=O)c1ccsc1. The van der Waals surface area contributed by atoms with Crippen LogP contribution in [0.1, 0.15) is 30.1 Å². The van der Waals surface area contributed by atoms with Gasteiger partial charge in [-0.3, -0.25) is 4.79 Å². The van der Waals surface area contributed by atoms with Gasteiger partial charge in [0.1, 0.15) is 0 Å². The molecule has 3 heteroatoms. The lowest BCUT2D eigenvalue weighted by Gasteiger charge is -2.20. The Hall–Kier alpha value is -0.830. The molecule has 0 aromatic carbocycles. The van der Waals surface area contributed by atoms with Crippen molar-refractivity contribution in [2.45, 2.75) is 25.8 Å². The van der Waals surface area contributed by atoms with Crippen molar-refractivity contribution in [1.29, 1.82) is 0 Å². The van der Waals surface area contributed by atoms with Crippen molar-refractivity contribution in [3.63, 3.8) is 0 Å². The number of amides is 1. The molecule has 0 radical (unpaired) electrons. The van der Waals surface area contributed by atoms with Gasteiger partial charge in [-0.2, -0.15) is 11.3 Å². The average molecular weight is 195 g/mol. The largest absolute Gasteiger partial charge is 0.336 e. The summed E-state index contributed by atoms with van der Waals surface area (Å²) in [7, 11) is 0. The van der Waals surface area contributed by atoms with Crippen molar-refractivity contribution in [1.82, 2.24) is 4.90 Å². The number of likely N-dealkylation sites (tertiary alicyclic amines) is 1. The van der Waals surface area contributed by atoms with E-state index in [0.717, 1.165) is 24.9 Å². The molecule has 70 valence electrons. The first-order valence-electron chi connectivity index (χ1n) is 4.62. The van der Waals surface area contributed by atoms with E-state index in [4.69, 9.17) is 0 Å². The van der Waals surface area contributed by atoms with Crippen LogP contribution in [0.5, 0.6) is 0 Å². The smallest absolute Gasteiger partial charge is 0.254 e. The fourth-order valence-electron chi connectivity index (χ4n) is 1.79. The van der Waals surface area contributed by atoms with Crippen LogP contribution in [-0.2, 0) is 0 Å². The van der Waals surface area contributed by atoms with Crippen molar-refractivity contribution in [3.8, 4) is 0 Å². The third kappa shape index (κ3) is 1.61. The third-order valence-electron chi connectivity index (χ3n) is 2.58. The predicted octanol–water partition coefficient (Wildman–Crippen LogP) is 2.37. The summed E-state index contributed by atoms with van der Waals surface area (Å²) in [4.78, 5) is 13.8. The number of nitrogens with zero attached hydrogens (tertiary/aromatic N) is 1. The molecule has 1 aromatic heterocycles. The molecule has 2 nitrogen and oxygen atoms in total. The van der Waals surface area contributed by atoms with Crippen LogP contribution in [0.25, 0.3) is 0 Å². The second-order valence-corrected chi connectivity index (χ2v) is 4.28. The van der Waals surface area contributed by atoms with Crippen LogP contribution >= 0.6 is 11.3 Å². The highest BCUT2D eigenvalue weighted by atomic mass is 32.1. The van der Waals surface area contributed by atoms with Crippen molar-refractivity contribution in [3.05, 3.63) is 22.4 Å². The van der Waals surface area contributed by atoms with Crippen molar-refractivity contribution >= 4 is 17.2 Å². The molecule has 1 aliphatic heterocycles. The minimum Gasteiger partial charge on any atom is -0.336 e. The Balaban J connectivity index is 2.13. The number of hydrogen-bond donors (Lipinski definition) is 0. The van der Waals surface area contributed by atoms with Gasteiger partial charge in [0, 0.05) is 18.0 Å². The maximum Gasteiger partial charge on any atom is 0.254 e. The van der Waals surface area contributed by atoms with E-state index in [2.05, 4.69) is 6.92 Å². The number of thiophene rings is 1. The molecule has 2 heterocycles. The molecule has 1 aromatic rings. The first-order chi connectivity index (χ1) is 6.29. The normalized spacial score (nSPS) is 22.2. The molecular weight excluding hydrogens is 182 g/mol. The summed E-state index contributed by atoms with van der Waals surface area (Å²) in [6.45, 7) is 3.05. The van der Waals surface area contributed by atoms with E-state index in [9.17, 15) is 4.79 Å². The van der Waals surface area contributed by atoms with Crippen LogP contribution in [0, 0.1) is 0 Å². The van der Waals surface area contributed by atoms with Crippen LogP contribution in [-0.4, -0.2) is 23.4 Å². The van der Waals surface area contributed by atoms with E-state index in [1.807, 2.05) is 21.7 Å². The summed E-state index contributed by atoms with van der Waals surface area (Å²) in [5, 5.41) is 3.88. The molecule has 0 bridgehead atoms. The zero-order chi connectivity index (χ0) is 9.26. The summed E-state index contributed by atoms with van der Waals surface area (Å²) in [5.41, 5.74) is 0.846. The first-order valence-corrected chi connectivity index (χ1v) is 5.56. The fourth-order valence-corrected chi connectivity index (χ4v) is 2.42. The summed E-state index contributed by atoms with van der Waals surface area (Å²) in [6, 6.07) is 2.32. The molecule has 1 aliphatic rings. The average Bonchev–Trinajstić information content (AvgIpc) is 2.72. The van der Waals surface area contributed by atoms with Gasteiger partial charge in [0.2, 0.25) is 0 Å². The van der Waals surface area contributed by atoms with E-state index >= 15 is 0 Å². The van der Waals surface area contributed by atoms with E-state index in [1.54, 1.807) is 11.3 Å². The minimum absolute atomic E-state index is 0.200. The van der Waals surface area contributed by atoms with Gasteiger partial charge in [-0.05, 0) is 31.2 Å². The van der Waals surface area contributed by atoms with Crippen LogP contribution in [0.3, 0.4) is 0 Å². The van der Waals surface area contributed by atoms with E-state index in [1.165, 1.54) is 0 Å². The Labute approximate surface area is 82.2 Å². The maximum absolute atomic E-state index is 11.9. The Morgan fingerprint density at radius 2 is 2.54 bits per heavy atom. The molecule has 0 unspecified atom stereocenters. The predicted molar refractivity (Wildman–Crippen MR) is 54.1 cm³/mol. The zero-order valence-corrected chi connectivity index (χ0v) is 8.51. The summed E-state index contributed by atoms with van der Waals surface area (Å²) >= 11 is 1.58. The van der Waals surface area contributed by atoms with Gasteiger partial charge >= 0.3 is 0 Å². The standard InChI is InChI=1S/C10H13NOS/c1-8-3-2-5-11(8)10(12)9-4-6-13-7-9/h4,6-8H,2-3,5H2,1H3/t8-/m0/s1. The lowest BCUT2D eigenvalue weighted by atomic mass is 10.2. The molecule has 1 saturated heterocycles. The molecule has 13 heavy (non-hydrogen) atoms. The number of carbonyl (C=O) groups excluding carboxylic acids is 1. The monoisotopic (exact) mass is 195 g/mol. The highest BCUT2D eigenvalue weighted by Crippen LogP contribution is 2.20. The number of rotatable bonds is 1. The summed E-state index contributed by atoms with van der Waals surface area (Å²) in [5.74, 6) is 0.200. The minimum atomic E-state index is 0.200. The first kappa shape index (κ1) is 8.75. The van der Waals surface area contributed by atoms with Gasteiger partial charge in [-0.25, -0.2) is 0 Å². The quantitative estimate of drug-likeness (QED) is 0.673. The van der Waals surface area contributed by atoms with Gasteiger partial charge in [0.15, 0.2) is 0 Å². The van der Waals surface area contributed by atoms with Gasteiger partial charge < -0.3 is 4.90 Å². The van der Waals surface area contributed by atoms with Crippen molar-refractivity contribution in [2.24, 2.45) is 0 Å². The highest BCUT2D eigenvalue weighted by Gasteiger charge is 2.25. The molecular formula is C10H13NOS. The lowest BCUT2D eigenvalue weighted by Crippen LogP contribution is -2.33.